The Morgan fingerprint density at radius 2 is 1.67 bits per heavy atom. The Hall–Kier alpha value is -4.35. The van der Waals surface area contributed by atoms with E-state index < -0.39 is 53.7 Å². The van der Waals surface area contributed by atoms with Crippen molar-refractivity contribution in [2.75, 3.05) is 5.32 Å². The maximum atomic E-state index is 14.2. The molecule has 0 radical (unpaired) electrons. The Morgan fingerprint density at radius 1 is 1.04 bits per heavy atom. The highest BCUT2D eigenvalue weighted by molar-refractivity contribution is 6.34. The number of rotatable bonds is 11. The van der Waals surface area contributed by atoms with E-state index in [1.807, 2.05) is 5.32 Å². The second-order valence-corrected chi connectivity index (χ2v) is 9.45. The molecule has 1 aromatic heterocycles. The third-order valence-electron chi connectivity index (χ3n) is 5.84. The Labute approximate surface area is 251 Å². The highest BCUT2D eigenvalue weighted by Gasteiger charge is 2.65. The van der Waals surface area contributed by atoms with Crippen molar-refractivity contribution in [1.29, 1.82) is 5.41 Å². The molecule has 244 valence electrons. The van der Waals surface area contributed by atoms with Crippen LogP contribution in [0.25, 0.3) is 5.57 Å². The average molecular weight is 678 g/mol. The molecule has 1 unspecified atom stereocenters. The highest BCUT2D eigenvalue weighted by Crippen LogP contribution is 2.50. The third kappa shape index (κ3) is 7.84. The number of hydrogen-bond donors (Lipinski definition) is 3. The van der Waals surface area contributed by atoms with Crippen LogP contribution in [0.3, 0.4) is 0 Å². The molecule has 0 aliphatic rings. The van der Waals surface area contributed by atoms with Crippen molar-refractivity contribution in [3.05, 3.63) is 82.1 Å². The van der Waals surface area contributed by atoms with Gasteiger partial charge in [-0.05, 0) is 23.3 Å². The van der Waals surface area contributed by atoms with Gasteiger partial charge >= 0.3 is 24.4 Å². The zero-order valence-electron chi connectivity index (χ0n) is 22.3. The van der Waals surface area contributed by atoms with Crippen molar-refractivity contribution in [1.82, 2.24) is 15.1 Å². The van der Waals surface area contributed by atoms with E-state index in [2.05, 4.69) is 15.2 Å². The molecular weight excluding hydrogens is 659 g/mol. The first-order valence-corrected chi connectivity index (χ1v) is 12.5. The van der Waals surface area contributed by atoms with Gasteiger partial charge in [0.25, 0.3) is 12.1 Å². The number of benzene rings is 2. The van der Waals surface area contributed by atoms with Crippen LogP contribution in [-0.2, 0) is 19.5 Å². The molecule has 19 heteroatoms. The van der Waals surface area contributed by atoms with Crippen LogP contribution in [0.5, 0.6) is 5.75 Å². The van der Waals surface area contributed by atoms with Crippen molar-refractivity contribution in [2.45, 2.75) is 37.1 Å². The molecule has 2 aromatic carbocycles. The van der Waals surface area contributed by atoms with Gasteiger partial charge in [-0.15, -0.1) is 0 Å². The fourth-order valence-corrected chi connectivity index (χ4v) is 3.79. The topological polar surface area (TPSA) is 92.0 Å². The molecule has 3 aromatic rings. The molecule has 0 spiro atoms. The van der Waals surface area contributed by atoms with E-state index in [1.165, 1.54) is 12.1 Å². The van der Waals surface area contributed by atoms with Crippen LogP contribution in [-0.4, -0.2) is 46.5 Å². The number of nitrogens with zero attached hydrogens (tertiary/aromatic N) is 2. The smallest absolute Gasteiger partial charge is 0.424 e. The second kappa shape index (κ2) is 12.9. The Morgan fingerprint density at radius 3 is 2.22 bits per heavy atom. The van der Waals surface area contributed by atoms with E-state index in [0.29, 0.717) is 19.5 Å². The van der Waals surface area contributed by atoms with Gasteiger partial charge in [-0.1, -0.05) is 48.0 Å². The van der Waals surface area contributed by atoms with E-state index in [0.717, 1.165) is 11.6 Å². The van der Waals surface area contributed by atoms with E-state index >= 15 is 0 Å². The summed E-state index contributed by atoms with van der Waals surface area (Å²) in [6.45, 7) is 0.0852. The lowest BCUT2D eigenvalue weighted by molar-refractivity contribution is -0.309. The minimum Gasteiger partial charge on any atom is -0.424 e. The van der Waals surface area contributed by atoms with Gasteiger partial charge in [0.2, 0.25) is 0 Å². The molecule has 0 fully saturated rings. The molecule has 3 N–H and O–H groups in total. The number of ether oxygens (including phenoxy) is 1. The van der Waals surface area contributed by atoms with Crippen LogP contribution in [0.1, 0.15) is 27.2 Å². The lowest BCUT2D eigenvalue weighted by Crippen LogP contribution is -2.46. The maximum absolute atomic E-state index is 14.2. The van der Waals surface area contributed by atoms with Crippen molar-refractivity contribution < 1.29 is 57.8 Å². The van der Waals surface area contributed by atoms with Gasteiger partial charge in [0.1, 0.15) is 0 Å². The number of halogens is 12. The number of alkyl halides is 11. The summed E-state index contributed by atoms with van der Waals surface area (Å²) in [7, 11) is 0.634. The third-order valence-corrected chi connectivity index (χ3v) is 6.17. The first-order valence-electron chi connectivity index (χ1n) is 12.1. The van der Waals surface area contributed by atoms with Gasteiger partial charge in [-0.25, -0.2) is 9.07 Å². The zero-order valence-corrected chi connectivity index (χ0v) is 23.1. The van der Waals surface area contributed by atoms with Crippen LogP contribution in [0.15, 0.2) is 54.7 Å². The minimum atomic E-state index is -6.50. The molecule has 1 amide bonds. The lowest BCUT2D eigenvalue weighted by Gasteiger charge is -2.25. The van der Waals surface area contributed by atoms with Crippen molar-refractivity contribution in [3.63, 3.8) is 0 Å². The van der Waals surface area contributed by atoms with Gasteiger partial charge in [-0.2, -0.15) is 49.0 Å². The summed E-state index contributed by atoms with van der Waals surface area (Å²) in [5, 5.41) is 15.0. The summed E-state index contributed by atoms with van der Waals surface area (Å²) in [6.07, 6.45) is -22.7. The summed E-state index contributed by atoms with van der Waals surface area (Å²) < 4.78 is 151. The number of anilines is 1. The summed E-state index contributed by atoms with van der Waals surface area (Å²) in [5.41, 5.74) is -2.31. The Bertz CT molecular complexity index is 1570. The first-order chi connectivity index (χ1) is 20.7. The predicted molar refractivity (Wildman–Crippen MR) is 139 cm³/mol. The van der Waals surface area contributed by atoms with Crippen molar-refractivity contribution >= 4 is 35.1 Å². The van der Waals surface area contributed by atoms with Crippen LogP contribution >= 0.6 is 11.6 Å². The number of carbonyl (C=O) groups excluding carboxylic acids is 1. The number of carbonyl (C=O) groups is 1. The van der Waals surface area contributed by atoms with E-state index in [1.54, 1.807) is 30.3 Å². The number of nitrogens with one attached hydrogen (secondary N) is 3. The number of aryl methyl sites for hydroxylation is 1. The Kier molecular flexibility index (Phi) is 10.1. The molecule has 1 heterocycles. The molecule has 0 saturated heterocycles. The van der Waals surface area contributed by atoms with Crippen LogP contribution in [0.4, 0.5) is 54.1 Å². The SMILES string of the molecule is Cn1nc(C(F)(F)C(F)(F)F)c(OC(F)(F)C(F)C(F)(F)F)c1N/C=C(\C=N)c1ccc(Cl)c(C(=O)NCc2ccccc2)c1. The monoisotopic (exact) mass is 677 g/mol. The maximum Gasteiger partial charge on any atom is 0.459 e. The summed E-state index contributed by atoms with van der Waals surface area (Å²) in [4.78, 5) is 12.7. The largest absolute Gasteiger partial charge is 0.459 e. The molecule has 0 saturated carbocycles. The van der Waals surface area contributed by atoms with E-state index in [9.17, 15) is 53.1 Å². The summed E-state index contributed by atoms with van der Waals surface area (Å²) in [6, 6.07) is 12.2. The van der Waals surface area contributed by atoms with E-state index in [4.69, 9.17) is 17.0 Å². The minimum absolute atomic E-state index is 0.0107. The lowest BCUT2D eigenvalue weighted by atomic mass is 10.0. The van der Waals surface area contributed by atoms with E-state index in [-0.39, 0.29) is 32.9 Å². The van der Waals surface area contributed by atoms with Crippen LogP contribution < -0.4 is 15.4 Å². The predicted octanol–water partition coefficient (Wildman–Crippen LogP) is 7.63. The number of hydrogen-bond acceptors (Lipinski definition) is 5. The fraction of sp³-hybridized carbons (Fsp3) is 0.269. The van der Waals surface area contributed by atoms with Crippen molar-refractivity contribution in [3.8, 4) is 5.75 Å². The normalized spacial score (nSPS) is 13.8. The van der Waals surface area contributed by atoms with Gasteiger partial charge in [0.15, 0.2) is 17.3 Å². The Balaban J connectivity index is 2.03. The summed E-state index contributed by atoms with van der Waals surface area (Å²) in [5.74, 6) is -10.3. The highest BCUT2D eigenvalue weighted by atomic mass is 35.5. The van der Waals surface area contributed by atoms with Crippen LogP contribution in [0.2, 0.25) is 5.02 Å². The quantitative estimate of drug-likeness (QED) is 0.144. The standard InChI is InChI=1S/C26H19ClF11N5O2/c1-43-20(18(19(42-43)23(29,30)26(36,37)38)45-25(34,35)22(28)24(31,32)33)40-12-15(10-39)14-7-8-17(27)16(9-14)21(44)41-11-13-5-3-2-4-6-13/h2-10,12,22,39-40H,11H2,1H3,(H,41,44)/b15-12+,39-10?. The summed E-state index contributed by atoms with van der Waals surface area (Å²) >= 11 is 6.11. The van der Waals surface area contributed by atoms with Crippen molar-refractivity contribution in [2.24, 2.45) is 7.05 Å². The molecule has 3 rings (SSSR count). The number of allylic oxidation sites excluding steroid dienone is 1. The van der Waals surface area contributed by atoms with Crippen LogP contribution in [0, 0.1) is 5.41 Å². The molecule has 0 aliphatic carbocycles. The molecule has 0 bridgehead atoms. The first kappa shape index (κ1) is 35.1. The van der Waals surface area contributed by atoms with Gasteiger partial charge in [0, 0.05) is 31.6 Å². The van der Waals surface area contributed by atoms with Gasteiger partial charge in [-0.3, -0.25) is 4.79 Å². The number of amides is 1. The molecule has 45 heavy (non-hydrogen) atoms. The molecular formula is C26H19ClF11N5O2. The molecule has 1 atom stereocenters. The number of aromatic nitrogens is 2. The molecule has 7 nitrogen and oxygen atoms in total. The fourth-order valence-electron chi connectivity index (χ4n) is 3.58. The van der Waals surface area contributed by atoms with Gasteiger partial charge < -0.3 is 20.8 Å². The zero-order chi connectivity index (χ0) is 34.0. The van der Waals surface area contributed by atoms with Gasteiger partial charge in [0.05, 0.1) is 10.6 Å². The second-order valence-electron chi connectivity index (χ2n) is 9.04. The average Bonchev–Trinajstić information content (AvgIpc) is 3.26. The molecule has 0 aliphatic heterocycles.